The van der Waals surface area contributed by atoms with Crippen LogP contribution in [0.5, 0.6) is 0 Å². The van der Waals surface area contributed by atoms with E-state index in [9.17, 15) is 4.79 Å². The summed E-state index contributed by atoms with van der Waals surface area (Å²) in [7, 11) is 0. The molecule has 0 aromatic heterocycles. The largest absolute Gasteiger partial charge is 0.326 e. The number of nitrogens with two attached hydrogens (primary N) is 1. The third kappa shape index (κ3) is 4.03. The Balaban J connectivity index is 2.41. The number of hydrogen-bond donors (Lipinski definition) is 1. The molecule has 2 aromatic carbocycles. The molecule has 3 rings (SSSR count). The summed E-state index contributed by atoms with van der Waals surface area (Å²) < 4.78 is 15.1. The summed E-state index contributed by atoms with van der Waals surface area (Å²) in [6.45, 7) is 8.75. The molecule has 4 heteroatoms. The molecular formula is C26H30FNOS. The Kier molecular flexibility index (Phi) is 6.68. The van der Waals surface area contributed by atoms with E-state index in [4.69, 9.17) is 5.73 Å². The van der Waals surface area contributed by atoms with E-state index in [-0.39, 0.29) is 17.8 Å². The number of benzene rings is 2. The Bertz CT molecular complexity index is 1050. The quantitative estimate of drug-likeness (QED) is 0.432. The van der Waals surface area contributed by atoms with Gasteiger partial charge in [0.25, 0.3) is 0 Å². The molecule has 30 heavy (non-hydrogen) atoms. The molecule has 0 bridgehead atoms. The average molecular weight is 424 g/mol. The highest BCUT2D eigenvalue weighted by Crippen LogP contribution is 2.45. The SMILES string of the molecule is CSc1c(C)c(CC=O)c(C2=CCC(C)(C)C=C2)c(C)c1-c1c(F)cccc1CN. The van der Waals surface area contributed by atoms with Crippen LogP contribution in [0.1, 0.15) is 48.1 Å². The third-order valence-corrected chi connectivity index (χ3v) is 6.90. The molecule has 1 aliphatic rings. The van der Waals surface area contributed by atoms with Crippen LogP contribution >= 0.6 is 11.8 Å². The normalized spacial score (nSPS) is 15.2. The maximum absolute atomic E-state index is 15.1. The summed E-state index contributed by atoms with van der Waals surface area (Å²) in [5.74, 6) is -0.265. The number of allylic oxidation sites excluding steroid dienone is 4. The van der Waals surface area contributed by atoms with Gasteiger partial charge in [0, 0.05) is 29.0 Å². The van der Waals surface area contributed by atoms with Gasteiger partial charge >= 0.3 is 0 Å². The fourth-order valence-electron chi connectivity index (χ4n) is 4.35. The first-order valence-corrected chi connectivity index (χ1v) is 11.5. The molecule has 2 nitrogen and oxygen atoms in total. The molecule has 0 heterocycles. The highest BCUT2D eigenvalue weighted by molar-refractivity contribution is 7.98. The van der Waals surface area contributed by atoms with Gasteiger partial charge in [0.15, 0.2) is 0 Å². The zero-order valence-electron chi connectivity index (χ0n) is 18.4. The zero-order valence-corrected chi connectivity index (χ0v) is 19.3. The van der Waals surface area contributed by atoms with Gasteiger partial charge in [-0.2, -0.15) is 0 Å². The van der Waals surface area contributed by atoms with Crippen molar-refractivity contribution in [2.75, 3.05) is 6.26 Å². The molecule has 158 valence electrons. The third-order valence-electron chi connectivity index (χ3n) is 5.98. The smallest absolute Gasteiger partial charge is 0.131 e. The summed E-state index contributed by atoms with van der Waals surface area (Å²) in [4.78, 5) is 12.6. The molecule has 2 N–H and O–H groups in total. The molecule has 1 aliphatic carbocycles. The molecule has 0 unspecified atom stereocenters. The van der Waals surface area contributed by atoms with E-state index >= 15 is 4.39 Å². The lowest BCUT2D eigenvalue weighted by molar-refractivity contribution is -0.107. The van der Waals surface area contributed by atoms with Crippen LogP contribution in [-0.2, 0) is 17.8 Å². The van der Waals surface area contributed by atoms with Crippen LogP contribution in [0, 0.1) is 25.1 Å². The molecule has 0 fully saturated rings. The van der Waals surface area contributed by atoms with Crippen molar-refractivity contribution in [3.63, 3.8) is 0 Å². The number of rotatable bonds is 6. The van der Waals surface area contributed by atoms with Crippen molar-refractivity contribution < 1.29 is 9.18 Å². The summed E-state index contributed by atoms with van der Waals surface area (Å²) in [5.41, 5.74) is 13.6. The van der Waals surface area contributed by atoms with E-state index in [2.05, 4.69) is 32.1 Å². The lowest BCUT2D eigenvalue weighted by Crippen LogP contribution is -2.12. The van der Waals surface area contributed by atoms with Crippen molar-refractivity contribution in [2.45, 2.75) is 52.0 Å². The number of halogens is 1. The van der Waals surface area contributed by atoms with Crippen molar-refractivity contribution in [2.24, 2.45) is 11.1 Å². The van der Waals surface area contributed by atoms with Gasteiger partial charge in [-0.1, -0.05) is 44.2 Å². The standard InChI is InChI=1S/C26H30FNOS/c1-16-20(11-14-29)22(18-9-12-26(3,4)13-10-18)17(2)23(25(16)30-5)24-19(15-28)7-6-8-21(24)27/h6-10,12,14H,11,13,15,28H2,1-5H3. The van der Waals surface area contributed by atoms with Gasteiger partial charge in [0.1, 0.15) is 12.1 Å². The van der Waals surface area contributed by atoms with Crippen molar-refractivity contribution in [3.8, 4) is 11.1 Å². The zero-order chi connectivity index (χ0) is 22.1. The van der Waals surface area contributed by atoms with Gasteiger partial charge in [-0.25, -0.2) is 4.39 Å². The van der Waals surface area contributed by atoms with E-state index in [1.165, 1.54) is 6.07 Å². The fourth-order valence-corrected chi connectivity index (χ4v) is 5.24. The van der Waals surface area contributed by atoms with E-state index in [1.807, 2.05) is 26.2 Å². The van der Waals surface area contributed by atoms with Gasteiger partial charge in [-0.05, 0) is 71.4 Å². The van der Waals surface area contributed by atoms with Crippen LogP contribution in [0.15, 0.2) is 41.3 Å². The van der Waals surface area contributed by atoms with Gasteiger partial charge in [-0.3, -0.25) is 0 Å². The minimum atomic E-state index is -0.265. The number of carbonyl (C=O) groups is 1. The van der Waals surface area contributed by atoms with E-state index in [1.54, 1.807) is 17.8 Å². The average Bonchev–Trinajstić information content (AvgIpc) is 2.71. The maximum atomic E-state index is 15.1. The van der Waals surface area contributed by atoms with E-state index in [0.717, 1.165) is 56.6 Å². The highest BCUT2D eigenvalue weighted by atomic mass is 32.2. The first-order valence-electron chi connectivity index (χ1n) is 10.3. The molecule has 0 aliphatic heterocycles. The van der Waals surface area contributed by atoms with Crippen LogP contribution < -0.4 is 5.73 Å². The van der Waals surface area contributed by atoms with Crippen molar-refractivity contribution in [1.29, 1.82) is 0 Å². The molecule has 0 saturated heterocycles. The van der Waals surface area contributed by atoms with Crippen LogP contribution in [0.2, 0.25) is 0 Å². The molecule has 0 amide bonds. The number of hydrogen-bond acceptors (Lipinski definition) is 3. The van der Waals surface area contributed by atoms with Crippen molar-refractivity contribution >= 4 is 23.6 Å². The molecule has 0 atom stereocenters. The molecule has 0 radical (unpaired) electrons. The molecular weight excluding hydrogens is 393 g/mol. The van der Waals surface area contributed by atoms with Crippen LogP contribution in [0.4, 0.5) is 4.39 Å². The van der Waals surface area contributed by atoms with Crippen molar-refractivity contribution in [3.05, 3.63) is 70.1 Å². The Hall–Kier alpha value is -2.17. The lowest BCUT2D eigenvalue weighted by Gasteiger charge is -2.28. The highest BCUT2D eigenvalue weighted by Gasteiger charge is 2.26. The van der Waals surface area contributed by atoms with Crippen molar-refractivity contribution in [1.82, 2.24) is 0 Å². The van der Waals surface area contributed by atoms with Crippen LogP contribution in [0.25, 0.3) is 16.7 Å². The number of aldehydes is 1. The molecule has 0 spiro atoms. The predicted octanol–water partition coefficient (Wildman–Crippen LogP) is 6.40. The summed E-state index contributed by atoms with van der Waals surface area (Å²) in [6.07, 6.45) is 10.8. The minimum absolute atomic E-state index is 0.109. The Labute approximate surface area is 183 Å². The minimum Gasteiger partial charge on any atom is -0.326 e. The molecule has 0 saturated carbocycles. The summed E-state index contributed by atoms with van der Waals surface area (Å²) in [6, 6.07) is 5.09. The Morgan fingerprint density at radius 1 is 1.17 bits per heavy atom. The maximum Gasteiger partial charge on any atom is 0.131 e. The lowest BCUT2D eigenvalue weighted by atomic mass is 9.78. The predicted molar refractivity (Wildman–Crippen MR) is 126 cm³/mol. The van der Waals surface area contributed by atoms with Gasteiger partial charge in [-0.15, -0.1) is 11.8 Å². The number of thioether (sulfide) groups is 1. The van der Waals surface area contributed by atoms with Gasteiger partial charge in [0.2, 0.25) is 0 Å². The monoisotopic (exact) mass is 423 g/mol. The fraction of sp³-hybridized carbons (Fsp3) is 0.346. The summed E-state index contributed by atoms with van der Waals surface area (Å²) in [5, 5.41) is 0. The second-order valence-electron chi connectivity index (χ2n) is 8.55. The Morgan fingerprint density at radius 3 is 2.47 bits per heavy atom. The van der Waals surface area contributed by atoms with Crippen LogP contribution in [0.3, 0.4) is 0 Å². The Morgan fingerprint density at radius 2 is 1.90 bits per heavy atom. The first-order chi connectivity index (χ1) is 14.3. The second-order valence-corrected chi connectivity index (χ2v) is 9.36. The van der Waals surface area contributed by atoms with Crippen LogP contribution in [-0.4, -0.2) is 12.5 Å². The summed E-state index contributed by atoms with van der Waals surface area (Å²) >= 11 is 1.59. The topological polar surface area (TPSA) is 43.1 Å². The first kappa shape index (κ1) is 22.5. The van der Waals surface area contributed by atoms with Gasteiger partial charge in [0.05, 0.1) is 0 Å². The van der Waals surface area contributed by atoms with Gasteiger partial charge < -0.3 is 10.5 Å². The molecule has 2 aromatic rings. The second kappa shape index (κ2) is 8.91. The van der Waals surface area contributed by atoms with E-state index in [0.29, 0.717) is 12.0 Å². The van der Waals surface area contributed by atoms with E-state index < -0.39 is 0 Å². The number of carbonyl (C=O) groups excluding carboxylic acids is 1.